The molecule has 0 aromatic heterocycles. The van der Waals surface area contributed by atoms with Gasteiger partial charge in [0.25, 0.3) is 0 Å². The summed E-state index contributed by atoms with van der Waals surface area (Å²) in [6.45, 7) is 4.48. The number of benzene rings is 1. The molecule has 27 heavy (non-hydrogen) atoms. The zero-order valence-corrected chi connectivity index (χ0v) is 17.6. The Morgan fingerprint density at radius 2 is 1.30 bits per heavy atom. The van der Waals surface area contributed by atoms with E-state index in [-0.39, 0.29) is 0 Å². The first-order valence-electron chi connectivity index (χ1n) is 11.2. The van der Waals surface area contributed by atoms with Crippen LogP contribution in [0.1, 0.15) is 108 Å². The molecule has 3 heteroatoms. The molecule has 154 valence electrons. The van der Waals surface area contributed by atoms with Gasteiger partial charge in [0.15, 0.2) is 0 Å². The van der Waals surface area contributed by atoms with E-state index in [2.05, 4.69) is 19.9 Å². The summed E-state index contributed by atoms with van der Waals surface area (Å²) < 4.78 is 5.07. The van der Waals surface area contributed by atoms with E-state index < -0.39 is 6.16 Å². The highest BCUT2D eigenvalue weighted by atomic mass is 16.7. The molecular formula is C24H40O3. The van der Waals surface area contributed by atoms with Crippen LogP contribution in [-0.2, 0) is 12.8 Å². The standard InChI is InChI=1S/C24H40O3/c1-3-5-7-9-10-11-13-15-19-22-21(17-14-12-8-6-4-2)18-16-20-23(22)27-24(25)26/h16,18,20H,3-15,17,19H2,1-2H3,(H,25,26). The third kappa shape index (κ3) is 11.0. The van der Waals surface area contributed by atoms with Crippen molar-refractivity contribution in [3.63, 3.8) is 0 Å². The molecule has 1 aromatic carbocycles. The van der Waals surface area contributed by atoms with Gasteiger partial charge in [0.05, 0.1) is 0 Å². The number of aryl methyl sites for hydroxylation is 1. The number of carbonyl (C=O) groups is 1. The maximum absolute atomic E-state index is 11.0. The van der Waals surface area contributed by atoms with Gasteiger partial charge in [-0.25, -0.2) is 4.79 Å². The fourth-order valence-corrected chi connectivity index (χ4v) is 3.67. The number of carboxylic acid groups (broad SMARTS) is 1. The van der Waals surface area contributed by atoms with Crippen molar-refractivity contribution in [3.05, 3.63) is 29.3 Å². The fraction of sp³-hybridized carbons (Fsp3) is 0.708. The topological polar surface area (TPSA) is 46.5 Å². The van der Waals surface area contributed by atoms with Crippen LogP contribution in [0.5, 0.6) is 5.75 Å². The Morgan fingerprint density at radius 3 is 1.85 bits per heavy atom. The Labute approximate surface area is 166 Å². The smallest absolute Gasteiger partial charge is 0.449 e. The van der Waals surface area contributed by atoms with Gasteiger partial charge >= 0.3 is 6.16 Å². The Balaban J connectivity index is 2.52. The Kier molecular flexibility index (Phi) is 13.5. The molecule has 0 spiro atoms. The molecule has 0 radical (unpaired) electrons. The fourth-order valence-electron chi connectivity index (χ4n) is 3.67. The van der Waals surface area contributed by atoms with Gasteiger partial charge in [-0.2, -0.15) is 0 Å². The Bertz CT molecular complexity index is 510. The Hall–Kier alpha value is -1.51. The van der Waals surface area contributed by atoms with Crippen molar-refractivity contribution in [3.8, 4) is 5.75 Å². The zero-order valence-electron chi connectivity index (χ0n) is 17.6. The Morgan fingerprint density at radius 1 is 0.778 bits per heavy atom. The summed E-state index contributed by atoms with van der Waals surface area (Å²) in [7, 11) is 0. The molecule has 0 heterocycles. The maximum Gasteiger partial charge on any atom is 0.511 e. The summed E-state index contributed by atoms with van der Waals surface area (Å²) in [4.78, 5) is 11.0. The van der Waals surface area contributed by atoms with Crippen LogP contribution in [0, 0.1) is 0 Å². The molecule has 0 aliphatic rings. The molecule has 0 fully saturated rings. The first kappa shape index (κ1) is 23.5. The van der Waals surface area contributed by atoms with Crippen molar-refractivity contribution < 1.29 is 14.6 Å². The monoisotopic (exact) mass is 376 g/mol. The van der Waals surface area contributed by atoms with E-state index in [0.717, 1.165) is 24.8 Å². The first-order chi connectivity index (χ1) is 13.2. The summed E-state index contributed by atoms with van der Waals surface area (Å²) in [5.74, 6) is 0.538. The quantitative estimate of drug-likeness (QED) is 0.181. The number of unbranched alkanes of at least 4 members (excludes halogenated alkanes) is 11. The van der Waals surface area contributed by atoms with E-state index in [4.69, 9.17) is 9.84 Å². The minimum Gasteiger partial charge on any atom is -0.449 e. The second-order valence-electron chi connectivity index (χ2n) is 7.65. The summed E-state index contributed by atoms with van der Waals surface area (Å²) >= 11 is 0. The zero-order chi connectivity index (χ0) is 19.7. The van der Waals surface area contributed by atoms with Crippen molar-refractivity contribution in [2.75, 3.05) is 0 Å². The van der Waals surface area contributed by atoms with Crippen molar-refractivity contribution in [1.82, 2.24) is 0 Å². The van der Waals surface area contributed by atoms with E-state index in [1.165, 1.54) is 82.6 Å². The van der Waals surface area contributed by atoms with Crippen LogP contribution in [0.15, 0.2) is 18.2 Å². The molecule has 0 atom stereocenters. The highest BCUT2D eigenvalue weighted by molar-refractivity contribution is 5.62. The highest BCUT2D eigenvalue weighted by Crippen LogP contribution is 2.27. The predicted octanol–water partition coefficient (Wildman–Crippen LogP) is 7.94. The summed E-state index contributed by atoms with van der Waals surface area (Å²) in [5, 5.41) is 9.05. The number of hydrogen-bond donors (Lipinski definition) is 1. The van der Waals surface area contributed by atoms with Gasteiger partial charge in [-0.3, -0.25) is 0 Å². The van der Waals surface area contributed by atoms with Gasteiger partial charge in [-0.1, -0.05) is 96.6 Å². The lowest BCUT2D eigenvalue weighted by Gasteiger charge is -2.14. The van der Waals surface area contributed by atoms with E-state index in [1.54, 1.807) is 6.07 Å². The molecule has 0 saturated heterocycles. The largest absolute Gasteiger partial charge is 0.511 e. The average molecular weight is 377 g/mol. The molecule has 3 nitrogen and oxygen atoms in total. The molecule has 0 aliphatic heterocycles. The lowest BCUT2D eigenvalue weighted by Crippen LogP contribution is -2.07. The summed E-state index contributed by atoms with van der Waals surface area (Å²) in [5.41, 5.74) is 2.38. The number of ether oxygens (including phenoxy) is 1. The van der Waals surface area contributed by atoms with Crippen LogP contribution in [0.3, 0.4) is 0 Å². The second kappa shape index (κ2) is 15.5. The van der Waals surface area contributed by atoms with E-state index in [0.29, 0.717) is 5.75 Å². The van der Waals surface area contributed by atoms with E-state index in [1.807, 2.05) is 6.07 Å². The minimum absolute atomic E-state index is 0.538. The van der Waals surface area contributed by atoms with Crippen LogP contribution in [0.25, 0.3) is 0 Å². The van der Waals surface area contributed by atoms with Gasteiger partial charge in [0, 0.05) is 0 Å². The van der Waals surface area contributed by atoms with Crippen LogP contribution in [0.4, 0.5) is 4.79 Å². The molecule has 1 rings (SSSR count). The van der Waals surface area contributed by atoms with Gasteiger partial charge in [-0.05, 0) is 42.9 Å². The normalized spacial score (nSPS) is 10.9. The maximum atomic E-state index is 11.0. The van der Waals surface area contributed by atoms with Gasteiger partial charge in [0.2, 0.25) is 0 Å². The van der Waals surface area contributed by atoms with Crippen molar-refractivity contribution >= 4 is 6.16 Å². The van der Waals surface area contributed by atoms with Crippen molar-refractivity contribution in [2.45, 2.75) is 110 Å². The average Bonchev–Trinajstić information content (AvgIpc) is 2.64. The summed E-state index contributed by atoms with van der Waals surface area (Å²) in [6, 6.07) is 5.88. The summed E-state index contributed by atoms with van der Waals surface area (Å²) in [6.07, 6.45) is 17.2. The molecule has 1 N–H and O–H groups in total. The lowest BCUT2D eigenvalue weighted by atomic mass is 9.95. The van der Waals surface area contributed by atoms with Gasteiger partial charge in [-0.15, -0.1) is 0 Å². The van der Waals surface area contributed by atoms with Crippen molar-refractivity contribution in [2.24, 2.45) is 0 Å². The molecule has 0 saturated carbocycles. The van der Waals surface area contributed by atoms with Crippen LogP contribution in [0.2, 0.25) is 0 Å². The second-order valence-corrected chi connectivity index (χ2v) is 7.65. The molecular weight excluding hydrogens is 336 g/mol. The van der Waals surface area contributed by atoms with Crippen LogP contribution in [-0.4, -0.2) is 11.3 Å². The SMILES string of the molecule is CCCCCCCCCCc1c(CCCCCCC)cccc1OC(=O)O. The lowest BCUT2D eigenvalue weighted by molar-refractivity contribution is 0.144. The molecule has 0 unspecified atom stereocenters. The van der Waals surface area contributed by atoms with Gasteiger partial charge < -0.3 is 9.84 Å². The van der Waals surface area contributed by atoms with Crippen LogP contribution < -0.4 is 4.74 Å². The highest BCUT2D eigenvalue weighted by Gasteiger charge is 2.12. The number of hydrogen-bond acceptors (Lipinski definition) is 2. The molecule has 1 aromatic rings. The van der Waals surface area contributed by atoms with E-state index in [9.17, 15) is 4.79 Å². The first-order valence-corrected chi connectivity index (χ1v) is 11.2. The minimum atomic E-state index is -1.22. The molecule has 0 aliphatic carbocycles. The molecule has 0 bridgehead atoms. The third-order valence-electron chi connectivity index (χ3n) is 5.26. The third-order valence-corrected chi connectivity index (χ3v) is 5.26. The van der Waals surface area contributed by atoms with Crippen LogP contribution >= 0.6 is 0 Å². The number of rotatable bonds is 16. The van der Waals surface area contributed by atoms with Gasteiger partial charge in [0.1, 0.15) is 5.75 Å². The molecule has 0 amide bonds. The van der Waals surface area contributed by atoms with Crippen molar-refractivity contribution in [1.29, 1.82) is 0 Å². The van der Waals surface area contributed by atoms with E-state index >= 15 is 0 Å². The predicted molar refractivity (Wildman–Crippen MR) is 114 cm³/mol.